The van der Waals surface area contributed by atoms with Crippen molar-refractivity contribution in [3.05, 3.63) is 42.0 Å². The second-order valence-corrected chi connectivity index (χ2v) is 4.07. The molecule has 0 aliphatic carbocycles. The van der Waals surface area contributed by atoms with E-state index in [1.165, 1.54) is 6.08 Å². The number of esters is 1. The Morgan fingerprint density at radius 1 is 1.17 bits per heavy atom. The summed E-state index contributed by atoms with van der Waals surface area (Å²) in [5, 5.41) is 0. The van der Waals surface area contributed by atoms with Gasteiger partial charge in [-0.2, -0.15) is 0 Å². The zero-order valence-electron chi connectivity index (χ0n) is 10.6. The van der Waals surface area contributed by atoms with Crippen molar-refractivity contribution in [1.29, 1.82) is 0 Å². The molecule has 0 spiro atoms. The van der Waals surface area contributed by atoms with E-state index in [9.17, 15) is 9.59 Å². The van der Waals surface area contributed by atoms with E-state index in [0.717, 1.165) is 18.4 Å². The molecule has 0 aromatic heterocycles. The lowest BCUT2D eigenvalue weighted by molar-refractivity contribution is -0.137. The van der Waals surface area contributed by atoms with Gasteiger partial charge in [-0.3, -0.25) is 0 Å². The van der Waals surface area contributed by atoms with E-state index in [1.54, 1.807) is 13.0 Å². The summed E-state index contributed by atoms with van der Waals surface area (Å²) >= 11 is 0. The summed E-state index contributed by atoms with van der Waals surface area (Å²) in [6.07, 6.45) is 5.19. The number of carbonyl (C=O) groups excluding carboxylic acids is 2. The van der Waals surface area contributed by atoms with Gasteiger partial charge in [0.2, 0.25) is 0 Å². The Hall–Kier alpha value is -1.90. The van der Waals surface area contributed by atoms with Crippen LogP contribution in [0.5, 0.6) is 0 Å². The molecular formula is C15H18O3. The van der Waals surface area contributed by atoms with E-state index in [4.69, 9.17) is 4.74 Å². The molecule has 0 bridgehead atoms. The Morgan fingerprint density at radius 3 is 2.56 bits per heavy atom. The van der Waals surface area contributed by atoms with Gasteiger partial charge < -0.3 is 9.53 Å². The van der Waals surface area contributed by atoms with Crippen molar-refractivity contribution >= 4 is 17.8 Å². The zero-order chi connectivity index (χ0) is 13.2. The Labute approximate surface area is 107 Å². The van der Waals surface area contributed by atoms with E-state index in [-0.39, 0.29) is 11.8 Å². The average Bonchev–Trinajstić information content (AvgIpc) is 2.37. The van der Waals surface area contributed by atoms with Gasteiger partial charge in [-0.1, -0.05) is 30.3 Å². The first-order chi connectivity index (χ1) is 8.68. The number of carbonyl (C=O) groups is 2. The van der Waals surface area contributed by atoms with Gasteiger partial charge in [0, 0.05) is 12.5 Å². The monoisotopic (exact) mass is 246 g/mol. The molecule has 0 aliphatic heterocycles. The van der Waals surface area contributed by atoms with Crippen LogP contribution in [0, 0.1) is 0 Å². The maximum absolute atomic E-state index is 11.3. The van der Waals surface area contributed by atoms with E-state index >= 15 is 0 Å². The molecule has 0 aliphatic rings. The molecule has 0 unspecified atom stereocenters. The third-order valence-electron chi connectivity index (χ3n) is 2.38. The Kier molecular flexibility index (Phi) is 6.47. The lowest BCUT2D eigenvalue weighted by Crippen LogP contribution is -2.02. The van der Waals surface area contributed by atoms with Gasteiger partial charge in [-0.15, -0.1) is 0 Å². The summed E-state index contributed by atoms with van der Waals surface area (Å²) in [4.78, 5) is 22.0. The first kappa shape index (κ1) is 14.2. The number of hydrogen-bond acceptors (Lipinski definition) is 3. The minimum absolute atomic E-state index is 0.172. The smallest absolute Gasteiger partial charge is 0.330 e. The van der Waals surface area contributed by atoms with E-state index in [0.29, 0.717) is 13.0 Å². The highest BCUT2D eigenvalue weighted by molar-refractivity contribution is 5.87. The predicted octanol–water partition coefficient (Wildman–Crippen LogP) is 3.00. The van der Waals surface area contributed by atoms with Crippen LogP contribution in [0.4, 0.5) is 0 Å². The van der Waals surface area contributed by atoms with Gasteiger partial charge in [-0.25, -0.2) is 4.79 Å². The topological polar surface area (TPSA) is 43.4 Å². The molecule has 0 fully saturated rings. The van der Waals surface area contributed by atoms with Crippen LogP contribution in [-0.4, -0.2) is 18.4 Å². The fraction of sp³-hybridized carbons (Fsp3) is 0.333. The molecule has 3 nitrogen and oxygen atoms in total. The molecule has 0 atom stereocenters. The number of unbranched alkanes of at least 4 members (excludes halogenated alkanes) is 1. The lowest BCUT2D eigenvalue weighted by Gasteiger charge is -2.00. The molecule has 0 radical (unpaired) electrons. The summed E-state index contributed by atoms with van der Waals surface area (Å²) in [5.74, 6) is -0.174. The Bertz CT molecular complexity index is 407. The second kappa shape index (κ2) is 8.23. The van der Waals surface area contributed by atoms with Crippen LogP contribution < -0.4 is 0 Å². The van der Waals surface area contributed by atoms with E-state index in [2.05, 4.69) is 0 Å². The van der Waals surface area contributed by atoms with Crippen molar-refractivity contribution in [2.45, 2.75) is 26.2 Å². The molecule has 0 heterocycles. The maximum Gasteiger partial charge on any atom is 0.330 e. The summed E-state index contributed by atoms with van der Waals surface area (Å²) in [6.45, 7) is 1.93. The molecule has 0 saturated heterocycles. The molecule has 18 heavy (non-hydrogen) atoms. The standard InChI is InChI=1S/C15H18O3/c1-13(16)7-5-6-12-18-15(17)11-10-14-8-3-2-4-9-14/h2-4,8-11H,5-7,12H2,1H3/b11-10+. The minimum Gasteiger partial charge on any atom is -0.463 e. The van der Waals surface area contributed by atoms with Crippen LogP contribution in [0.25, 0.3) is 6.08 Å². The number of ether oxygens (including phenoxy) is 1. The van der Waals surface area contributed by atoms with Crippen LogP contribution >= 0.6 is 0 Å². The highest BCUT2D eigenvalue weighted by Gasteiger charge is 1.98. The molecule has 1 aromatic carbocycles. The molecule has 0 N–H and O–H groups in total. The fourth-order valence-electron chi connectivity index (χ4n) is 1.43. The third kappa shape index (κ3) is 6.63. The number of Topliss-reactive ketones (excluding diaryl/α,β-unsaturated/α-hetero) is 1. The van der Waals surface area contributed by atoms with Crippen molar-refractivity contribution in [3.8, 4) is 0 Å². The van der Waals surface area contributed by atoms with Crippen LogP contribution in [0.3, 0.4) is 0 Å². The fourth-order valence-corrected chi connectivity index (χ4v) is 1.43. The molecule has 0 amide bonds. The van der Waals surface area contributed by atoms with Crippen molar-refractivity contribution in [2.75, 3.05) is 6.61 Å². The number of ketones is 1. The lowest BCUT2D eigenvalue weighted by atomic mass is 10.2. The Morgan fingerprint density at radius 2 is 1.89 bits per heavy atom. The SMILES string of the molecule is CC(=O)CCCCOC(=O)/C=C/c1ccccc1. The summed E-state index contributed by atoms with van der Waals surface area (Å²) in [7, 11) is 0. The quantitative estimate of drug-likeness (QED) is 0.422. The van der Waals surface area contributed by atoms with Gasteiger partial charge >= 0.3 is 5.97 Å². The largest absolute Gasteiger partial charge is 0.463 e. The molecule has 1 aromatic rings. The minimum atomic E-state index is -0.346. The second-order valence-electron chi connectivity index (χ2n) is 4.07. The predicted molar refractivity (Wildman–Crippen MR) is 71.0 cm³/mol. The van der Waals surface area contributed by atoms with Crippen molar-refractivity contribution in [2.24, 2.45) is 0 Å². The van der Waals surface area contributed by atoms with Gasteiger partial charge in [0.15, 0.2) is 0 Å². The molecule has 3 heteroatoms. The van der Waals surface area contributed by atoms with E-state index in [1.807, 2.05) is 30.3 Å². The number of hydrogen-bond donors (Lipinski definition) is 0. The maximum atomic E-state index is 11.3. The highest BCUT2D eigenvalue weighted by Crippen LogP contribution is 2.02. The molecular weight excluding hydrogens is 228 g/mol. The molecule has 96 valence electrons. The van der Waals surface area contributed by atoms with Crippen molar-refractivity contribution < 1.29 is 14.3 Å². The van der Waals surface area contributed by atoms with Gasteiger partial charge in [0.05, 0.1) is 6.61 Å². The normalized spacial score (nSPS) is 10.5. The highest BCUT2D eigenvalue weighted by atomic mass is 16.5. The zero-order valence-corrected chi connectivity index (χ0v) is 10.6. The van der Waals surface area contributed by atoms with Crippen LogP contribution in [-0.2, 0) is 14.3 Å². The van der Waals surface area contributed by atoms with Gasteiger partial charge in [0.25, 0.3) is 0 Å². The first-order valence-electron chi connectivity index (χ1n) is 6.08. The first-order valence-corrected chi connectivity index (χ1v) is 6.08. The molecule has 1 rings (SSSR count). The summed E-state index contributed by atoms with van der Waals surface area (Å²) < 4.78 is 5.01. The van der Waals surface area contributed by atoms with E-state index < -0.39 is 0 Å². The molecule has 0 saturated carbocycles. The van der Waals surface area contributed by atoms with Crippen LogP contribution in [0.1, 0.15) is 31.7 Å². The third-order valence-corrected chi connectivity index (χ3v) is 2.38. The van der Waals surface area contributed by atoms with Gasteiger partial charge in [0.1, 0.15) is 5.78 Å². The van der Waals surface area contributed by atoms with Crippen LogP contribution in [0.2, 0.25) is 0 Å². The van der Waals surface area contributed by atoms with Crippen molar-refractivity contribution in [1.82, 2.24) is 0 Å². The summed E-state index contributed by atoms with van der Waals surface area (Å²) in [6, 6.07) is 9.57. The van der Waals surface area contributed by atoms with Gasteiger partial charge in [-0.05, 0) is 31.4 Å². The average molecular weight is 246 g/mol. The Balaban J connectivity index is 2.18. The number of benzene rings is 1. The summed E-state index contributed by atoms with van der Waals surface area (Å²) in [5.41, 5.74) is 0.964. The van der Waals surface area contributed by atoms with Crippen molar-refractivity contribution in [3.63, 3.8) is 0 Å². The van der Waals surface area contributed by atoms with Crippen LogP contribution in [0.15, 0.2) is 36.4 Å². The number of rotatable bonds is 7.